The van der Waals surface area contributed by atoms with Gasteiger partial charge in [0.15, 0.2) is 0 Å². The smallest absolute Gasteiger partial charge is 0.326 e. The van der Waals surface area contributed by atoms with Crippen molar-refractivity contribution in [2.75, 3.05) is 0 Å². The normalized spacial score (nSPS) is 9.88. The first-order valence-corrected chi connectivity index (χ1v) is 2.53. The van der Waals surface area contributed by atoms with E-state index < -0.39 is 5.97 Å². The van der Waals surface area contributed by atoms with Crippen molar-refractivity contribution < 1.29 is 9.90 Å². The molecular formula is C5H10NO2. The van der Waals surface area contributed by atoms with Gasteiger partial charge in [-0.15, -0.1) is 0 Å². The van der Waals surface area contributed by atoms with Crippen LogP contribution in [-0.2, 0) is 4.79 Å². The number of rotatable bonds is 3. The third-order valence-corrected chi connectivity index (χ3v) is 0.794. The molecule has 0 bridgehead atoms. The Morgan fingerprint density at radius 2 is 2.25 bits per heavy atom. The van der Waals surface area contributed by atoms with Crippen LogP contribution in [0.3, 0.4) is 0 Å². The van der Waals surface area contributed by atoms with Crippen molar-refractivity contribution in [3.8, 4) is 0 Å². The average Bonchev–Trinajstić information content (AvgIpc) is 1.67. The fourth-order valence-electron chi connectivity index (χ4n) is 0.376. The van der Waals surface area contributed by atoms with E-state index in [1.807, 2.05) is 6.92 Å². The van der Waals surface area contributed by atoms with E-state index in [4.69, 9.17) is 10.8 Å². The molecule has 0 atom stereocenters. The molecule has 0 rings (SSSR count). The van der Waals surface area contributed by atoms with Crippen molar-refractivity contribution in [3.05, 3.63) is 6.04 Å². The second-order valence-electron chi connectivity index (χ2n) is 1.58. The zero-order valence-electron chi connectivity index (χ0n) is 4.85. The first-order chi connectivity index (χ1) is 3.68. The molecule has 0 heterocycles. The summed E-state index contributed by atoms with van der Waals surface area (Å²) in [5.41, 5.74) is 5.04. The van der Waals surface area contributed by atoms with Crippen LogP contribution in [0, 0.1) is 6.04 Å². The van der Waals surface area contributed by atoms with Crippen LogP contribution in [0.25, 0.3) is 0 Å². The highest BCUT2D eigenvalue weighted by Crippen LogP contribution is 1.99. The van der Waals surface area contributed by atoms with Gasteiger partial charge in [-0.2, -0.15) is 0 Å². The van der Waals surface area contributed by atoms with Gasteiger partial charge in [0.2, 0.25) is 0 Å². The summed E-state index contributed by atoms with van der Waals surface area (Å²) in [7, 11) is 0. The van der Waals surface area contributed by atoms with Gasteiger partial charge in [0.25, 0.3) is 0 Å². The van der Waals surface area contributed by atoms with E-state index in [1.54, 1.807) is 0 Å². The Balaban J connectivity index is 3.32. The van der Waals surface area contributed by atoms with Gasteiger partial charge in [-0.05, 0) is 6.42 Å². The predicted octanol–water partition coefficient (Wildman–Crippen LogP) is 0.362. The SMILES string of the molecule is CCC[C](N)C(=O)O. The molecule has 0 aliphatic heterocycles. The molecule has 3 nitrogen and oxygen atoms in total. The lowest BCUT2D eigenvalue weighted by Crippen LogP contribution is -2.19. The molecule has 3 heteroatoms. The number of carboxylic acids is 1. The van der Waals surface area contributed by atoms with Crippen LogP contribution in [0.4, 0.5) is 0 Å². The first-order valence-electron chi connectivity index (χ1n) is 2.53. The topological polar surface area (TPSA) is 63.3 Å². The number of hydrogen-bond donors (Lipinski definition) is 2. The minimum atomic E-state index is -0.994. The molecule has 0 saturated heterocycles. The molecule has 47 valence electrons. The van der Waals surface area contributed by atoms with Crippen molar-refractivity contribution in [1.82, 2.24) is 0 Å². The van der Waals surface area contributed by atoms with Gasteiger partial charge in [0, 0.05) is 0 Å². The van der Waals surface area contributed by atoms with E-state index >= 15 is 0 Å². The highest BCUT2D eigenvalue weighted by atomic mass is 16.4. The Bertz CT molecular complexity index is 82.5. The molecule has 0 fully saturated rings. The maximum absolute atomic E-state index is 9.93. The van der Waals surface area contributed by atoms with Gasteiger partial charge in [-0.1, -0.05) is 13.3 Å². The summed E-state index contributed by atoms with van der Waals surface area (Å²) < 4.78 is 0. The van der Waals surface area contributed by atoms with Gasteiger partial charge in [-0.3, -0.25) is 4.79 Å². The van der Waals surface area contributed by atoms with E-state index in [9.17, 15) is 4.79 Å². The third kappa shape index (κ3) is 2.58. The standard InChI is InChI=1S/C5H10NO2/c1-2-3-4(6)5(7)8/h2-3,6H2,1H3,(H,7,8). The maximum Gasteiger partial charge on any atom is 0.326 e. The number of carboxylic acid groups (broad SMARTS) is 1. The number of aliphatic carboxylic acids is 1. The molecule has 0 aromatic carbocycles. The largest absolute Gasteiger partial charge is 0.480 e. The lowest BCUT2D eigenvalue weighted by molar-refractivity contribution is -0.135. The van der Waals surface area contributed by atoms with Crippen LogP contribution in [0.5, 0.6) is 0 Å². The van der Waals surface area contributed by atoms with Crippen LogP contribution in [0.2, 0.25) is 0 Å². The lowest BCUT2D eigenvalue weighted by Gasteiger charge is -1.99. The van der Waals surface area contributed by atoms with Crippen molar-refractivity contribution >= 4 is 5.97 Å². The van der Waals surface area contributed by atoms with E-state index in [-0.39, 0.29) is 6.04 Å². The Hall–Kier alpha value is -0.570. The molecule has 0 saturated carbocycles. The zero-order valence-corrected chi connectivity index (χ0v) is 4.85. The van der Waals surface area contributed by atoms with Crippen molar-refractivity contribution in [2.24, 2.45) is 5.73 Å². The summed E-state index contributed by atoms with van der Waals surface area (Å²) in [6.45, 7) is 1.88. The lowest BCUT2D eigenvalue weighted by atomic mass is 10.2. The highest BCUT2D eigenvalue weighted by molar-refractivity contribution is 5.81. The number of nitrogens with two attached hydrogens (primary N) is 1. The molecule has 0 spiro atoms. The fraction of sp³-hybridized carbons (Fsp3) is 0.600. The fourth-order valence-corrected chi connectivity index (χ4v) is 0.376. The molecular weight excluding hydrogens is 106 g/mol. The summed E-state index contributed by atoms with van der Waals surface area (Å²) in [4.78, 5) is 9.93. The van der Waals surface area contributed by atoms with E-state index in [1.165, 1.54) is 0 Å². The minimum absolute atomic E-state index is 0.0486. The molecule has 0 unspecified atom stereocenters. The van der Waals surface area contributed by atoms with Gasteiger partial charge in [0.1, 0.15) is 6.04 Å². The van der Waals surface area contributed by atoms with Gasteiger partial charge in [-0.25, -0.2) is 0 Å². The Kier molecular flexibility index (Phi) is 3.19. The molecule has 3 N–H and O–H groups in total. The highest BCUT2D eigenvalue weighted by Gasteiger charge is 2.09. The van der Waals surface area contributed by atoms with Crippen LogP contribution in [0.1, 0.15) is 19.8 Å². The molecule has 0 aromatic rings. The second-order valence-corrected chi connectivity index (χ2v) is 1.58. The Morgan fingerprint density at radius 3 is 2.38 bits per heavy atom. The molecule has 0 aliphatic carbocycles. The number of hydrogen-bond acceptors (Lipinski definition) is 2. The van der Waals surface area contributed by atoms with E-state index in [2.05, 4.69) is 0 Å². The van der Waals surface area contributed by atoms with E-state index in [0.717, 1.165) is 6.42 Å². The predicted molar refractivity (Wildman–Crippen MR) is 30.0 cm³/mol. The minimum Gasteiger partial charge on any atom is -0.480 e. The molecule has 8 heavy (non-hydrogen) atoms. The summed E-state index contributed by atoms with van der Waals surface area (Å²) in [5, 5.41) is 8.15. The summed E-state index contributed by atoms with van der Waals surface area (Å²) in [6.07, 6.45) is 1.27. The monoisotopic (exact) mass is 116 g/mol. The maximum atomic E-state index is 9.93. The second kappa shape index (κ2) is 3.43. The summed E-state index contributed by atoms with van der Waals surface area (Å²) >= 11 is 0. The van der Waals surface area contributed by atoms with Gasteiger partial charge >= 0.3 is 5.97 Å². The van der Waals surface area contributed by atoms with Gasteiger partial charge in [0.05, 0.1) is 0 Å². The molecule has 0 aromatic heterocycles. The van der Waals surface area contributed by atoms with E-state index in [0.29, 0.717) is 6.42 Å². The van der Waals surface area contributed by atoms with Crippen molar-refractivity contribution in [2.45, 2.75) is 19.8 Å². The quantitative estimate of drug-likeness (QED) is 0.559. The zero-order chi connectivity index (χ0) is 6.57. The van der Waals surface area contributed by atoms with Crippen LogP contribution in [-0.4, -0.2) is 11.1 Å². The van der Waals surface area contributed by atoms with Crippen LogP contribution in [0.15, 0.2) is 0 Å². The Morgan fingerprint density at radius 1 is 1.75 bits per heavy atom. The van der Waals surface area contributed by atoms with Crippen LogP contribution < -0.4 is 5.73 Å². The molecule has 0 amide bonds. The Labute approximate surface area is 48.5 Å². The van der Waals surface area contributed by atoms with Crippen LogP contribution >= 0.6 is 0 Å². The summed E-state index contributed by atoms with van der Waals surface area (Å²) in [6, 6.07) is 0.0486. The summed E-state index contributed by atoms with van der Waals surface area (Å²) in [5.74, 6) is -0.994. The number of carbonyl (C=O) groups is 1. The first kappa shape index (κ1) is 7.43. The molecule has 1 radical (unpaired) electrons. The van der Waals surface area contributed by atoms with Crippen molar-refractivity contribution in [3.63, 3.8) is 0 Å². The average molecular weight is 116 g/mol. The van der Waals surface area contributed by atoms with Crippen molar-refractivity contribution in [1.29, 1.82) is 0 Å². The molecule has 0 aliphatic rings. The third-order valence-electron chi connectivity index (χ3n) is 0.794. The van der Waals surface area contributed by atoms with Gasteiger partial charge < -0.3 is 10.8 Å².